The molecule has 0 radical (unpaired) electrons. The van der Waals surface area contributed by atoms with E-state index in [1.807, 2.05) is 12.1 Å². The Hall–Kier alpha value is -1.88. The van der Waals surface area contributed by atoms with Crippen molar-refractivity contribution in [3.05, 3.63) is 41.5 Å². The summed E-state index contributed by atoms with van der Waals surface area (Å²) in [6, 6.07) is 8.25. The highest BCUT2D eigenvalue weighted by Gasteiger charge is 2.28. The van der Waals surface area contributed by atoms with Crippen LogP contribution in [0.25, 0.3) is 0 Å². The molecule has 20 heavy (non-hydrogen) atoms. The van der Waals surface area contributed by atoms with Crippen molar-refractivity contribution in [2.75, 3.05) is 13.2 Å². The maximum Gasteiger partial charge on any atom is 0.153 e. The van der Waals surface area contributed by atoms with Gasteiger partial charge in [0.1, 0.15) is 18.2 Å². The highest BCUT2D eigenvalue weighted by Crippen LogP contribution is 2.37. The van der Waals surface area contributed by atoms with Crippen LogP contribution in [0.4, 0.5) is 0 Å². The van der Waals surface area contributed by atoms with E-state index in [9.17, 15) is 0 Å². The number of para-hydroxylation sites is 1. The molecule has 5 heteroatoms. The lowest BCUT2D eigenvalue weighted by atomic mass is 10.2. The summed E-state index contributed by atoms with van der Waals surface area (Å²) in [5.41, 5.74) is 1.24. The maximum absolute atomic E-state index is 5.78. The zero-order chi connectivity index (χ0) is 13.4. The summed E-state index contributed by atoms with van der Waals surface area (Å²) in [5, 5.41) is 7.39. The van der Waals surface area contributed by atoms with E-state index < -0.39 is 0 Å². The Morgan fingerprint density at radius 1 is 1.30 bits per heavy atom. The van der Waals surface area contributed by atoms with Crippen LogP contribution in [-0.4, -0.2) is 33.2 Å². The summed E-state index contributed by atoms with van der Waals surface area (Å²) in [7, 11) is 0. The van der Waals surface area contributed by atoms with Gasteiger partial charge in [0.15, 0.2) is 5.82 Å². The van der Waals surface area contributed by atoms with E-state index >= 15 is 0 Å². The van der Waals surface area contributed by atoms with Gasteiger partial charge in [-0.3, -0.25) is 10.00 Å². The first kappa shape index (κ1) is 11.9. The number of hydrogen-bond acceptors (Lipinski definition) is 4. The summed E-state index contributed by atoms with van der Waals surface area (Å²) in [4.78, 5) is 6.95. The highest BCUT2D eigenvalue weighted by atomic mass is 16.5. The van der Waals surface area contributed by atoms with Gasteiger partial charge in [-0.2, -0.15) is 5.10 Å². The van der Waals surface area contributed by atoms with Gasteiger partial charge in [-0.25, -0.2) is 4.98 Å². The molecule has 0 amide bonds. The van der Waals surface area contributed by atoms with Gasteiger partial charge < -0.3 is 4.74 Å². The van der Waals surface area contributed by atoms with E-state index in [1.54, 1.807) is 0 Å². The molecule has 0 spiro atoms. The summed E-state index contributed by atoms with van der Waals surface area (Å²) in [6.07, 6.45) is 2.48. The molecule has 0 unspecified atom stereocenters. The fraction of sp³-hybridized carbons (Fsp3) is 0.467. The van der Waals surface area contributed by atoms with Gasteiger partial charge in [0, 0.05) is 24.6 Å². The SMILES string of the molecule is c1ccc2c(c1)CN(Cc1nc(C3CC3)n[nH]1)CCO2. The lowest BCUT2D eigenvalue weighted by Crippen LogP contribution is -2.25. The molecule has 1 aromatic heterocycles. The number of rotatable bonds is 3. The van der Waals surface area contributed by atoms with Crippen LogP contribution < -0.4 is 4.74 Å². The summed E-state index contributed by atoms with van der Waals surface area (Å²) < 4.78 is 5.78. The second kappa shape index (κ2) is 4.90. The van der Waals surface area contributed by atoms with Crippen molar-refractivity contribution in [2.24, 2.45) is 0 Å². The topological polar surface area (TPSA) is 54.0 Å². The molecule has 0 atom stereocenters. The van der Waals surface area contributed by atoms with Crippen LogP contribution in [0.15, 0.2) is 24.3 Å². The molecular formula is C15H18N4O. The molecule has 2 heterocycles. The quantitative estimate of drug-likeness (QED) is 0.927. The van der Waals surface area contributed by atoms with Crippen LogP contribution in [-0.2, 0) is 13.1 Å². The van der Waals surface area contributed by atoms with Crippen molar-refractivity contribution in [3.63, 3.8) is 0 Å². The Labute approximate surface area is 118 Å². The van der Waals surface area contributed by atoms with Gasteiger partial charge in [-0.15, -0.1) is 0 Å². The predicted molar refractivity (Wildman–Crippen MR) is 74.4 cm³/mol. The minimum Gasteiger partial charge on any atom is -0.492 e. The number of aromatic amines is 1. The zero-order valence-corrected chi connectivity index (χ0v) is 11.4. The van der Waals surface area contributed by atoms with Crippen molar-refractivity contribution in [1.82, 2.24) is 20.1 Å². The number of hydrogen-bond donors (Lipinski definition) is 1. The summed E-state index contributed by atoms with van der Waals surface area (Å²) in [6.45, 7) is 3.34. The Kier molecular flexibility index (Phi) is 2.92. The van der Waals surface area contributed by atoms with Crippen LogP contribution >= 0.6 is 0 Å². The summed E-state index contributed by atoms with van der Waals surface area (Å²) in [5.74, 6) is 3.57. The standard InChI is InChI=1S/C15H18N4O/c1-2-4-13-12(3-1)9-19(7-8-20-13)10-14-16-15(18-17-14)11-5-6-11/h1-4,11H,5-10H2,(H,16,17,18). The first-order chi connectivity index (χ1) is 9.88. The van der Waals surface area contributed by atoms with E-state index in [2.05, 4.69) is 32.2 Å². The molecule has 1 aliphatic heterocycles. The molecular weight excluding hydrogens is 252 g/mol. The van der Waals surface area contributed by atoms with E-state index in [0.29, 0.717) is 5.92 Å². The van der Waals surface area contributed by atoms with Crippen LogP contribution in [0.3, 0.4) is 0 Å². The van der Waals surface area contributed by atoms with Gasteiger partial charge in [0.2, 0.25) is 0 Å². The molecule has 0 bridgehead atoms. The highest BCUT2D eigenvalue weighted by molar-refractivity contribution is 5.33. The van der Waals surface area contributed by atoms with Crippen molar-refractivity contribution in [1.29, 1.82) is 0 Å². The number of nitrogens with zero attached hydrogens (tertiary/aromatic N) is 3. The third-order valence-electron chi connectivity index (χ3n) is 3.90. The van der Waals surface area contributed by atoms with E-state index in [0.717, 1.165) is 43.6 Å². The van der Waals surface area contributed by atoms with E-state index in [1.165, 1.54) is 18.4 Å². The fourth-order valence-electron chi connectivity index (χ4n) is 2.63. The minimum absolute atomic E-state index is 0.605. The molecule has 104 valence electrons. The number of aromatic nitrogens is 3. The second-order valence-corrected chi connectivity index (χ2v) is 5.58. The first-order valence-electron chi connectivity index (χ1n) is 7.23. The third kappa shape index (κ3) is 2.41. The maximum atomic E-state index is 5.78. The number of fused-ring (bicyclic) bond motifs is 1. The largest absolute Gasteiger partial charge is 0.492 e. The van der Waals surface area contributed by atoms with E-state index in [-0.39, 0.29) is 0 Å². The normalized spacial score (nSPS) is 19.2. The van der Waals surface area contributed by atoms with Gasteiger partial charge in [0.05, 0.1) is 6.54 Å². The molecule has 1 saturated carbocycles. The predicted octanol–water partition coefficient (Wildman–Crippen LogP) is 2.08. The summed E-state index contributed by atoms with van der Waals surface area (Å²) >= 11 is 0. The third-order valence-corrected chi connectivity index (χ3v) is 3.90. The first-order valence-corrected chi connectivity index (χ1v) is 7.23. The van der Waals surface area contributed by atoms with Crippen LogP contribution in [0.5, 0.6) is 5.75 Å². The average Bonchev–Trinajstić information content (AvgIpc) is 3.24. The lowest BCUT2D eigenvalue weighted by molar-refractivity contribution is 0.216. The van der Waals surface area contributed by atoms with Crippen LogP contribution in [0, 0.1) is 0 Å². The molecule has 1 aromatic carbocycles. The smallest absolute Gasteiger partial charge is 0.153 e. The van der Waals surface area contributed by atoms with Crippen LogP contribution in [0.1, 0.15) is 36.0 Å². The number of benzene rings is 1. The molecule has 1 N–H and O–H groups in total. The van der Waals surface area contributed by atoms with Gasteiger partial charge in [-0.1, -0.05) is 18.2 Å². The Balaban J connectivity index is 1.48. The lowest BCUT2D eigenvalue weighted by Gasteiger charge is -2.17. The fourth-order valence-corrected chi connectivity index (χ4v) is 2.63. The van der Waals surface area contributed by atoms with Crippen molar-refractivity contribution < 1.29 is 4.74 Å². The number of ether oxygens (including phenoxy) is 1. The van der Waals surface area contributed by atoms with Gasteiger partial charge in [0.25, 0.3) is 0 Å². The molecule has 2 aliphatic rings. The van der Waals surface area contributed by atoms with Crippen molar-refractivity contribution in [2.45, 2.75) is 31.8 Å². The Morgan fingerprint density at radius 3 is 3.10 bits per heavy atom. The average molecular weight is 270 g/mol. The molecule has 1 fully saturated rings. The van der Waals surface area contributed by atoms with Crippen LogP contribution in [0.2, 0.25) is 0 Å². The molecule has 4 rings (SSSR count). The van der Waals surface area contributed by atoms with Crippen molar-refractivity contribution >= 4 is 0 Å². The Morgan fingerprint density at radius 2 is 2.20 bits per heavy atom. The van der Waals surface area contributed by atoms with Gasteiger partial charge in [-0.05, 0) is 18.9 Å². The zero-order valence-electron chi connectivity index (χ0n) is 11.4. The molecule has 1 aliphatic carbocycles. The molecule has 2 aromatic rings. The van der Waals surface area contributed by atoms with Gasteiger partial charge >= 0.3 is 0 Å². The molecule has 5 nitrogen and oxygen atoms in total. The minimum atomic E-state index is 0.605. The number of H-pyrrole nitrogens is 1. The Bertz CT molecular complexity index is 605. The van der Waals surface area contributed by atoms with E-state index in [4.69, 9.17) is 4.74 Å². The molecule has 0 saturated heterocycles. The monoisotopic (exact) mass is 270 g/mol. The van der Waals surface area contributed by atoms with Crippen molar-refractivity contribution in [3.8, 4) is 5.75 Å². The second-order valence-electron chi connectivity index (χ2n) is 5.58. The number of nitrogens with one attached hydrogen (secondary N) is 1.